The summed E-state index contributed by atoms with van der Waals surface area (Å²) in [6.45, 7) is 4.32. The van der Waals surface area contributed by atoms with Gasteiger partial charge in [0.15, 0.2) is 6.61 Å². The molecular formula is C15H24N2O3. The standard InChI is InChI=1S/C15H24N2O3/c1-3-13(4-2)17(8-9-18)15(19)11-20-14-7-5-6-12(16)10-14/h5-7,10,13,18H,3-4,8-9,11,16H2,1-2H3. The fourth-order valence-corrected chi connectivity index (χ4v) is 2.18. The summed E-state index contributed by atoms with van der Waals surface area (Å²) in [5, 5.41) is 9.10. The van der Waals surface area contributed by atoms with Crippen LogP contribution in [0.4, 0.5) is 5.69 Å². The molecule has 0 fully saturated rings. The zero-order valence-electron chi connectivity index (χ0n) is 12.2. The lowest BCUT2D eigenvalue weighted by atomic mass is 10.1. The van der Waals surface area contributed by atoms with E-state index < -0.39 is 0 Å². The highest BCUT2D eigenvalue weighted by atomic mass is 16.5. The Balaban J connectivity index is 2.62. The predicted molar refractivity (Wildman–Crippen MR) is 79.5 cm³/mol. The Morgan fingerprint density at radius 3 is 2.65 bits per heavy atom. The van der Waals surface area contributed by atoms with E-state index in [-0.39, 0.29) is 25.2 Å². The van der Waals surface area contributed by atoms with Crippen LogP contribution in [-0.2, 0) is 4.79 Å². The van der Waals surface area contributed by atoms with Gasteiger partial charge in [-0.25, -0.2) is 0 Å². The van der Waals surface area contributed by atoms with Gasteiger partial charge < -0.3 is 20.5 Å². The molecule has 0 aromatic heterocycles. The van der Waals surface area contributed by atoms with Crippen molar-refractivity contribution >= 4 is 11.6 Å². The van der Waals surface area contributed by atoms with Gasteiger partial charge in [0, 0.05) is 24.3 Å². The van der Waals surface area contributed by atoms with Crippen molar-refractivity contribution in [3.63, 3.8) is 0 Å². The predicted octanol–water partition coefficient (Wildman–Crippen LogP) is 1.66. The number of aliphatic hydroxyl groups is 1. The second kappa shape index (κ2) is 8.43. The molecule has 3 N–H and O–H groups in total. The Bertz CT molecular complexity index is 419. The van der Waals surface area contributed by atoms with Gasteiger partial charge in [0.05, 0.1) is 6.61 Å². The third-order valence-corrected chi connectivity index (χ3v) is 3.26. The number of carbonyl (C=O) groups excluding carboxylic acids is 1. The summed E-state index contributed by atoms with van der Waals surface area (Å²) >= 11 is 0. The topological polar surface area (TPSA) is 75.8 Å². The number of hydrogen-bond donors (Lipinski definition) is 2. The summed E-state index contributed by atoms with van der Waals surface area (Å²) < 4.78 is 5.46. The number of aliphatic hydroxyl groups excluding tert-OH is 1. The molecule has 5 nitrogen and oxygen atoms in total. The summed E-state index contributed by atoms with van der Waals surface area (Å²) in [7, 11) is 0. The third kappa shape index (κ3) is 4.74. The molecule has 0 saturated heterocycles. The first-order valence-electron chi connectivity index (χ1n) is 7.01. The first-order valence-corrected chi connectivity index (χ1v) is 7.01. The second-order valence-electron chi connectivity index (χ2n) is 4.64. The normalized spacial score (nSPS) is 10.6. The van der Waals surface area contributed by atoms with Crippen LogP contribution in [0.25, 0.3) is 0 Å². The maximum absolute atomic E-state index is 12.2. The van der Waals surface area contributed by atoms with E-state index in [1.165, 1.54) is 0 Å². The van der Waals surface area contributed by atoms with Crippen molar-refractivity contribution in [2.24, 2.45) is 0 Å². The van der Waals surface area contributed by atoms with E-state index in [9.17, 15) is 4.79 Å². The van der Waals surface area contributed by atoms with Gasteiger partial charge in [-0.05, 0) is 25.0 Å². The molecule has 0 aliphatic heterocycles. The number of benzene rings is 1. The van der Waals surface area contributed by atoms with Gasteiger partial charge in [-0.3, -0.25) is 4.79 Å². The number of nitrogen functional groups attached to an aromatic ring is 1. The van der Waals surface area contributed by atoms with E-state index in [2.05, 4.69) is 0 Å². The van der Waals surface area contributed by atoms with E-state index in [1.807, 2.05) is 13.8 Å². The molecule has 0 bridgehead atoms. The van der Waals surface area contributed by atoms with Gasteiger partial charge in [0.25, 0.3) is 5.91 Å². The molecule has 0 unspecified atom stereocenters. The molecule has 112 valence electrons. The Morgan fingerprint density at radius 2 is 2.10 bits per heavy atom. The number of rotatable bonds is 8. The molecule has 1 amide bonds. The van der Waals surface area contributed by atoms with Crippen LogP contribution >= 0.6 is 0 Å². The number of anilines is 1. The Kier molecular flexibility index (Phi) is 6.87. The summed E-state index contributed by atoms with van der Waals surface area (Å²) in [5.74, 6) is 0.460. The lowest BCUT2D eigenvalue weighted by Crippen LogP contribution is -2.44. The fraction of sp³-hybridized carbons (Fsp3) is 0.533. The molecule has 5 heteroatoms. The molecule has 0 saturated carbocycles. The first-order chi connectivity index (χ1) is 9.62. The average Bonchev–Trinajstić information content (AvgIpc) is 2.45. The van der Waals surface area contributed by atoms with Gasteiger partial charge in [-0.1, -0.05) is 19.9 Å². The lowest BCUT2D eigenvalue weighted by Gasteiger charge is -2.30. The SMILES string of the molecule is CCC(CC)N(CCO)C(=O)COc1cccc(N)c1. The zero-order chi connectivity index (χ0) is 15.0. The summed E-state index contributed by atoms with van der Waals surface area (Å²) in [5.41, 5.74) is 6.25. The lowest BCUT2D eigenvalue weighted by molar-refractivity contribution is -0.136. The minimum Gasteiger partial charge on any atom is -0.484 e. The van der Waals surface area contributed by atoms with Crippen molar-refractivity contribution in [2.75, 3.05) is 25.5 Å². The highest BCUT2D eigenvalue weighted by molar-refractivity contribution is 5.78. The van der Waals surface area contributed by atoms with Gasteiger partial charge in [0.2, 0.25) is 0 Å². The van der Waals surface area contributed by atoms with Crippen LogP contribution in [0.2, 0.25) is 0 Å². The van der Waals surface area contributed by atoms with Crippen LogP contribution in [0, 0.1) is 0 Å². The molecule has 1 aromatic carbocycles. The molecular weight excluding hydrogens is 256 g/mol. The van der Waals surface area contributed by atoms with Crippen LogP contribution in [0.15, 0.2) is 24.3 Å². The largest absolute Gasteiger partial charge is 0.484 e. The number of ether oxygens (including phenoxy) is 1. The first kappa shape index (κ1) is 16.3. The van der Waals surface area contributed by atoms with Gasteiger partial charge in [-0.15, -0.1) is 0 Å². The van der Waals surface area contributed by atoms with E-state index in [1.54, 1.807) is 29.2 Å². The number of nitrogens with two attached hydrogens (primary N) is 1. The smallest absolute Gasteiger partial charge is 0.260 e. The molecule has 1 aromatic rings. The summed E-state index contributed by atoms with van der Waals surface area (Å²) in [6, 6.07) is 7.12. The van der Waals surface area contributed by atoms with Crippen molar-refractivity contribution in [3.05, 3.63) is 24.3 Å². The number of carbonyl (C=O) groups is 1. The van der Waals surface area contributed by atoms with Crippen LogP contribution in [-0.4, -0.2) is 41.7 Å². The molecule has 0 radical (unpaired) electrons. The van der Waals surface area contributed by atoms with Gasteiger partial charge in [0.1, 0.15) is 5.75 Å². The van der Waals surface area contributed by atoms with Crippen LogP contribution in [0.1, 0.15) is 26.7 Å². The van der Waals surface area contributed by atoms with Crippen LogP contribution in [0.5, 0.6) is 5.75 Å². The van der Waals surface area contributed by atoms with E-state index in [4.69, 9.17) is 15.6 Å². The van der Waals surface area contributed by atoms with Crippen LogP contribution in [0.3, 0.4) is 0 Å². The minimum absolute atomic E-state index is 0.0411. The minimum atomic E-state index is -0.116. The van der Waals surface area contributed by atoms with E-state index in [0.29, 0.717) is 18.0 Å². The molecule has 20 heavy (non-hydrogen) atoms. The molecule has 0 aliphatic carbocycles. The molecule has 0 atom stereocenters. The molecule has 1 rings (SSSR count). The van der Waals surface area contributed by atoms with Crippen molar-refractivity contribution in [1.29, 1.82) is 0 Å². The quantitative estimate of drug-likeness (QED) is 0.710. The highest BCUT2D eigenvalue weighted by Gasteiger charge is 2.20. The maximum atomic E-state index is 12.2. The van der Waals surface area contributed by atoms with Crippen molar-refractivity contribution in [3.8, 4) is 5.75 Å². The molecule has 0 spiro atoms. The fourth-order valence-electron chi connectivity index (χ4n) is 2.18. The Morgan fingerprint density at radius 1 is 1.40 bits per heavy atom. The van der Waals surface area contributed by atoms with Crippen molar-refractivity contribution in [2.45, 2.75) is 32.7 Å². The highest BCUT2D eigenvalue weighted by Crippen LogP contribution is 2.15. The average molecular weight is 280 g/mol. The monoisotopic (exact) mass is 280 g/mol. The number of hydrogen-bond acceptors (Lipinski definition) is 4. The molecule has 0 heterocycles. The number of nitrogens with zero attached hydrogens (tertiary/aromatic N) is 1. The zero-order valence-corrected chi connectivity index (χ0v) is 12.2. The van der Waals surface area contributed by atoms with E-state index >= 15 is 0 Å². The Hall–Kier alpha value is -1.75. The van der Waals surface area contributed by atoms with Crippen molar-refractivity contribution in [1.82, 2.24) is 4.90 Å². The summed E-state index contributed by atoms with van der Waals surface area (Å²) in [6.07, 6.45) is 1.72. The molecule has 0 aliphatic rings. The van der Waals surface area contributed by atoms with Gasteiger partial charge in [-0.2, -0.15) is 0 Å². The van der Waals surface area contributed by atoms with Crippen LogP contribution < -0.4 is 10.5 Å². The summed E-state index contributed by atoms with van der Waals surface area (Å²) in [4.78, 5) is 13.9. The maximum Gasteiger partial charge on any atom is 0.260 e. The third-order valence-electron chi connectivity index (χ3n) is 3.26. The second-order valence-corrected chi connectivity index (χ2v) is 4.64. The van der Waals surface area contributed by atoms with Gasteiger partial charge >= 0.3 is 0 Å². The number of amides is 1. The Labute approximate surface area is 120 Å². The van der Waals surface area contributed by atoms with Crippen molar-refractivity contribution < 1.29 is 14.6 Å². The van der Waals surface area contributed by atoms with E-state index in [0.717, 1.165) is 12.8 Å².